The average molecular weight is 527 g/mol. The minimum atomic E-state index is 0.116. The number of piperazine rings is 1. The number of anilines is 1. The molecule has 2 saturated heterocycles. The van der Waals surface area contributed by atoms with Crippen molar-refractivity contribution in [3.05, 3.63) is 59.8 Å². The van der Waals surface area contributed by atoms with E-state index in [4.69, 9.17) is 26.3 Å². The fraction of sp³-hybridized carbons (Fsp3) is 0.367. The molecule has 0 saturated carbocycles. The fourth-order valence-electron chi connectivity index (χ4n) is 5.73. The van der Waals surface area contributed by atoms with Gasteiger partial charge in [0.05, 0.1) is 23.7 Å². The number of nitrogens with zero attached hydrogens (tertiary/aromatic N) is 5. The van der Waals surface area contributed by atoms with E-state index in [1.54, 1.807) is 0 Å². The minimum Gasteiger partial charge on any atom is -0.476 e. The SMILES string of the molecule is CN1CCC[C@H]1COc1cc(N2CCN[C@@H](CC#N)C2)c2ncc(-c3cccc4cccc(Cl)c34)cc2n1. The number of nitriles is 1. The van der Waals surface area contributed by atoms with E-state index in [1.807, 2.05) is 30.5 Å². The Bertz CT molecular complexity index is 1510. The third-order valence-corrected chi connectivity index (χ3v) is 8.11. The van der Waals surface area contributed by atoms with Crippen molar-refractivity contribution in [2.45, 2.75) is 31.3 Å². The summed E-state index contributed by atoms with van der Waals surface area (Å²) in [5, 5.41) is 15.5. The first-order valence-corrected chi connectivity index (χ1v) is 13.7. The van der Waals surface area contributed by atoms with E-state index in [0.717, 1.165) is 71.2 Å². The molecule has 0 amide bonds. The summed E-state index contributed by atoms with van der Waals surface area (Å²) in [5.74, 6) is 0.609. The average Bonchev–Trinajstić information content (AvgIpc) is 3.35. The molecule has 194 valence electrons. The molecule has 2 aromatic heterocycles. The van der Waals surface area contributed by atoms with E-state index in [1.165, 1.54) is 6.42 Å². The zero-order valence-electron chi connectivity index (χ0n) is 21.5. The quantitative estimate of drug-likeness (QED) is 0.367. The van der Waals surface area contributed by atoms with Crippen molar-refractivity contribution in [2.24, 2.45) is 0 Å². The summed E-state index contributed by atoms with van der Waals surface area (Å²) in [6, 6.07) is 19.1. The molecular formula is C30H31ClN6O. The Morgan fingerprint density at radius 3 is 2.87 bits per heavy atom. The van der Waals surface area contributed by atoms with Gasteiger partial charge in [0, 0.05) is 60.0 Å². The van der Waals surface area contributed by atoms with Crippen LogP contribution in [0.15, 0.2) is 54.7 Å². The van der Waals surface area contributed by atoms with Gasteiger partial charge >= 0.3 is 0 Å². The second-order valence-corrected chi connectivity index (χ2v) is 10.7. The number of likely N-dealkylation sites (N-methyl/N-ethyl adjacent to an activating group) is 1. The lowest BCUT2D eigenvalue weighted by Crippen LogP contribution is -2.50. The van der Waals surface area contributed by atoms with Gasteiger partial charge in [0.15, 0.2) is 0 Å². The molecule has 2 aromatic carbocycles. The molecule has 0 spiro atoms. The Morgan fingerprint density at radius 2 is 2.05 bits per heavy atom. The van der Waals surface area contributed by atoms with Gasteiger partial charge < -0.3 is 19.9 Å². The first-order chi connectivity index (χ1) is 18.6. The molecule has 6 rings (SSSR count). The molecule has 4 aromatic rings. The standard InChI is InChI=1S/C30H31ClN6O/c1-36-13-4-7-23(36)19-38-28-16-27(37-14-12-33-22(18-37)10-11-32)30-26(35-28)15-21(17-34-30)24-8-2-5-20-6-3-9-25(31)29(20)24/h2-3,5-6,8-9,15-17,22-23,33H,4,7,10,12-14,18-19H2,1H3/t22-,23-/m0/s1. The number of rotatable bonds is 6. The van der Waals surface area contributed by atoms with Gasteiger partial charge in [0.1, 0.15) is 12.1 Å². The van der Waals surface area contributed by atoms with E-state index in [0.29, 0.717) is 30.0 Å². The largest absolute Gasteiger partial charge is 0.476 e. The van der Waals surface area contributed by atoms with Crippen LogP contribution in [0, 0.1) is 11.3 Å². The molecule has 2 aliphatic heterocycles. The smallest absolute Gasteiger partial charge is 0.216 e. The number of likely N-dealkylation sites (tertiary alicyclic amines) is 1. The lowest BCUT2D eigenvalue weighted by molar-refractivity contribution is 0.193. The molecular weight excluding hydrogens is 496 g/mol. The van der Waals surface area contributed by atoms with Gasteiger partial charge in [-0.25, -0.2) is 4.98 Å². The molecule has 4 heterocycles. The van der Waals surface area contributed by atoms with Crippen molar-refractivity contribution < 1.29 is 4.74 Å². The Morgan fingerprint density at radius 1 is 1.18 bits per heavy atom. The summed E-state index contributed by atoms with van der Waals surface area (Å²) in [7, 11) is 2.15. The van der Waals surface area contributed by atoms with Crippen molar-refractivity contribution in [1.29, 1.82) is 5.26 Å². The van der Waals surface area contributed by atoms with Crippen LogP contribution in [0.4, 0.5) is 5.69 Å². The number of aromatic nitrogens is 2. The maximum atomic E-state index is 9.26. The first-order valence-electron chi connectivity index (χ1n) is 13.3. The van der Waals surface area contributed by atoms with E-state index < -0.39 is 0 Å². The van der Waals surface area contributed by atoms with Crippen LogP contribution < -0.4 is 15.0 Å². The van der Waals surface area contributed by atoms with Gasteiger partial charge in [-0.1, -0.05) is 41.9 Å². The highest BCUT2D eigenvalue weighted by atomic mass is 35.5. The topological polar surface area (TPSA) is 77.3 Å². The second-order valence-electron chi connectivity index (χ2n) is 10.3. The van der Waals surface area contributed by atoms with Crippen LogP contribution in [0.25, 0.3) is 32.9 Å². The van der Waals surface area contributed by atoms with E-state index >= 15 is 0 Å². The maximum Gasteiger partial charge on any atom is 0.216 e. The molecule has 0 radical (unpaired) electrons. The number of ether oxygens (including phenoxy) is 1. The Balaban J connectivity index is 1.43. The molecule has 0 aliphatic carbocycles. The van der Waals surface area contributed by atoms with Crippen LogP contribution in [0.3, 0.4) is 0 Å². The van der Waals surface area contributed by atoms with Crippen molar-refractivity contribution in [1.82, 2.24) is 20.2 Å². The molecule has 0 unspecified atom stereocenters. The zero-order chi connectivity index (χ0) is 26.1. The predicted octanol–water partition coefficient (Wildman–Crippen LogP) is 5.27. The number of fused-ring (bicyclic) bond motifs is 2. The van der Waals surface area contributed by atoms with Crippen LogP contribution >= 0.6 is 11.6 Å². The highest BCUT2D eigenvalue weighted by Crippen LogP contribution is 2.36. The van der Waals surface area contributed by atoms with Gasteiger partial charge in [0.2, 0.25) is 5.88 Å². The van der Waals surface area contributed by atoms with Gasteiger partial charge in [-0.05, 0) is 49.5 Å². The first kappa shape index (κ1) is 24.9. The molecule has 1 N–H and O–H groups in total. The molecule has 2 fully saturated rings. The monoisotopic (exact) mass is 526 g/mol. The third-order valence-electron chi connectivity index (χ3n) is 7.79. The van der Waals surface area contributed by atoms with Crippen LogP contribution in [0.1, 0.15) is 19.3 Å². The van der Waals surface area contributed by atoms with E-state index in [-0.39, 0.29) is 6.04 Å². The molecule has 2 atom stereocenters. The van der Waals surface area contributed by atoms with Crippen molar-refractivity contribution in [3.8, 4) is 23.1 Å². The van der Waals surface area contributed by atoms with Crippen LogP contribution in [-0.2, 0) is 0 Å². The molecule has 2 aliphatic rings. The summed E-state index contributed by atoms with van der Waals surface area (Å²) >= 11 is 6.64. The van der Waals surface area contributed by atoms with Gasteiger partial charge in [-0.2, -0.15) is 5.26 Å². The van der Waals surface area contributed by atoms with Crippen LogP contribution in [-0.4, -0.2) is 66.8 Å². The number of pyridine rings is 2. The van der Waals surface area contributed by atoms with Crippen LogP contribution in [0.5, 0.6) is 5.88 Å². The lowest BCUT2D eigenvalue weighted by atomic mass is 9.99. The van der Waals surface area contributed by atoms with E-state index in [2.05, 4.69) is 52.5 Å². The normalized spacial score (nSPS) is 20.2. The summed E-state index contributed by atoms with van der Waals surface area (Å²) in [5.41, 5.74) is 4.61. The number of halogens is 1. The molecule has 7 nitrogen and oxygen atoms in total. The number of benzene rings is 2. The van der Waals surface area contributed by atoms with E-state index in [9.17, 15) is 5.26 Å². The molecule has 0 bridgehead atoms. The third kappa shape index (κ3) is 4.88. The van der Waals surface area contributed by atoms with Crippen molar-refractivity contribution in [2.75, 3.05) is 44.7 Å². The van der Waals surface area contributed by atoms with Gasteiger partial charge in [-0.15, -0.1) is 0 Å². The number of nitrogens with one attached hydrogen (secondary N) is 1. The Kier molecular flexibility index (Phi) is 7.03. The summed E-state index contributed by atoms with van der Waals surface area (Å²) in [4.78, 5) is 14.5. The van der Waals surface area contributed by atoms with Crippen LogP contribution in [0.2, 0.25) is 5.02 Å². The fourth-order valence-corrected chi connectivity index (χ4v) is 6.02. The highest BCUT2D eigenvalue weighted by molar-refractivity contribution is 6.36. The summed E-state index contributed by atoms with van der Waals surface area (Å²) in [6.07, 6.45) is 4.71. The number of hydrogen-bond donors (Lipinski definition) is 1. The highest BCUT2D eigenvalue weighted by Gasteiger charge is 2.25. The van der Waals surface area contributed by atoms with Gasteiger partial charge in [-0.3, -0.25) is 4.98 Å². The maximum absolute atomic E-state index is 9.26. The number of hydrogen-bond acceptors (Lipinski definition) is 7. The molecule has 38 heavy (non-hydrogen) atoms. The zero-order valence-corrected chi connectivity index (χ0v) is 22.3. The second kappa shape index (κ2) is 10.7. The van der Waals surface area contributed by atoms with Crippen molar-refractivity contribution >= 4 is 39.1 Å². The Labute approximate surface area is 228 Å². The summed E-state index contributed by atoms with van der Waals surface area (Å²) in [6.45, 7) is 4.09. The van der Waals surface area contributed by atoms with Gasteiger partial charge in [0.25, 0.3) is 0 Å². The summed E-state index contributed by atoms with van der Waals surface area (Å²) < 4.78 is 6.31. The Hall–Kier alpha value is -3.44. The predicted molar refractivity (Wildman–Crippen MR) is 153 cm³/mol. The lowest BCUT2D eigenvalue weighted by Gasteiger charge is -2.34. The van der Waals surface area contributed by atoms with Crippen molar-refractivity contribution in [3.63, 3.8) is 0 Å². The minimum absolute atomic E-state index is 0.116. The molecule has 8 heteroatoms.